The maximum absolute atomic E-state index is 13.6. The molecule has 1 aliphatic rings. The van der Waals surface area contributed by atoms with E-state index in [1.165, 1.54) is 9.47 Å². The van der Waals surface area contributed by atoms with Crippen molar-refractivity contribution in [3.8, 4) is 6.07 Å². The van der Waals surface area contributed by atoms with Crippen molar-refractivity contribution in [2.45, 2.75) is 53.0 Å². The number of carbonyl (C=O) groups is 1. The van der Waals surface area contributed by atoms with Gasteiger partial charge in [-0.1, -0.05) is 27.2 Å². The van der Waals surface area contributed by atoms with E-state index < -0.39 is 11.2 Å². The lowest BCUT2D eigenvalue weighted by molar-refractivity contribution is -0.123. The van der Waals surface area contributed by atoms with Gasteiger partial charge >= 0.3 is 5.69 Å². The Morgan fingerprint density at radius 2 is 2.03 bits per heavy atom. The van der Waals surface area contributed by atoms with E-state index >= 15 is 0 Å². The smallest absolute Gasteiger partial charge is 0.330 e. The standard InChI is InChI=1S/C24H33N7O3/c1-4-5-10-30-21(26)20(22(32)28-24(30)34)31(15-16(2)3)23(33)18-8-11-29(12-9-18)19-7-6-17(13-25)14-27-19/h6-7,14,16,18H,4-5,8-12,15,26H2,1-3H3,(H,28,32,34). The van der Waals surface area contributed by atoms with Crippen LogP contribution in [0.15, 0.2) is 27.9 Å². The van der Waals surface area contributed by atoms with Crippen molar-refractivity contribution in [2.24, 2.45) is 11.8 Å². The molecule has 0 atom stereocenters. The number of amides is 1. The van der Waals surface area contributed by atoms with Crippen molar-refractivity contribution in [1.29, 1.82) is 5.26 Å². The molecule has 3 heterocycles. The number of H-pyrrole nitrogens is 1. The minimum atomic E-state index is -0.636. The van der Waals surface area contributed by atoms with Crippen LogP contribution in [0.1, 0.15) is 52.0 Å². The Kier molecular flexibility index (Phi) is 8.10. The average molecular weight is 468 g/mol. The highest BCUT2D eigenvalue weighted by atomic mass is 16.2. The van der Waals surface area contributed by atoms with E-state index in [-0.39, 0.29) is 29.2 Å². The highest BCUT2D eigenvalue weighted by Crippen LogP contribution is 2.27. The molecule has 0 radical (unpaired) electrons. The Hall–Kier alpha value is -3.61. The fraction of sp³-hybridized carbons (Fsp3) is 0.542. The summed E-state index contributed by atoms with van der Waals surface area (Å²) in [5.41, 5.74) is 5.67. The van der Waals surface area contributed by atoms with Gasteiger partial charge < -0.3 is 15.5 Å². The first-order valence-electron chi connectivity index (χ1n) is 11.8. The molecule has 1 aliphatic heterocycles. The van der Waals surface area contributed by atoms with Crippen LogP contribution in [0.4, 0.5) is 17.3 Å². The number of piperidine rings is 1. The molecule has 0 unspecified atom stereocenters. The van der Waals surface area contributed by atoms with Crippen LogP contribution in [0.5, 0.6) is 0 Å². The van der Waals surface area contributed by atoms with E-state index in [4.69, 9.17) is 11.0 Å². The number of unbranched alkanes of at least 4 members (excludes halogenated alkanes) is 1. The van der Waals surface area contributed by atoms with Crippen molar-refractivity contribution in [1.82, 2.24) is 14.5 Å². The van der Waals surface area contributed by atoms with Crippen molar-refractivity contribution < 1.29 is 4.79 Å². The number of nitriles is 1. The second kappa shape index (κ2) is 11.0. The van der Waals surface area contributed by atoms with Gasteiger partial charge in [0.2, 0.25) is 5.91 Å². The molecule has 0 aliphatic carbocycles. The molecular weight excluding hydrogens is 434 g/mol. The second-order valence-corrected chi connectivity index (χ2v) is 9.12. The summed E-state index contributed by atoms with van der Waals surface area (Å²) >= 11 is 0. The summed E-state index contributed by atoms with van der Waals surface area (Å²) in [6.45, 7) is 7.91. The van der Waals surface area contributed by atoms with Crippen LogP contribution in [0.3, 0.4) is 0 Å². The van der Waals surface area contributed by atoms with Crippen LogP contribution in [-0.2, 0) is 11.3 Å². The summed E-state index contributed by atoms with van der Waals surface area (Å²) < 4.78 is 1.35. The lowest BCUT2D eigenvalue weighted by atomic mass is 9.94. The predicted octanol–water partition coefficient (Wildman–Crippen LogP) is 2.09. The fourth-order valence-electron chi connectivity index (χ4n) is 4.25. The van der Waals surface area contributed by atoms with E-state index in [0.717, 1.165) is 18.7 Å². The van der Waals surface area contributed by atoms with Crippen LogP contribution >= 0.6 is 0 Å². The Morgan fingerprint density at radius 1 is 1.32 bits per heavy atom. The van der Waals surface area contributed by atoms with Gasteiger partial charge in [-0.25, -0.2) is 9.78 Å². The Bertz CT molecular complexity index is 1150. The number of nitrogens with one attached hydrogen (secondary N) is 1. The third kappa shape index (κ3) is 5.47. The summed E-state index contributed by atoms with van der Waals surface area (Å²) in [6, 6.07) is 5.60. The van der Waals surface area contributed by atoms with Crippen molar-refractivity contribution >= 4 is 23.2 Å². The number of hydrogen-bond acceptors (Lipinski definition) is 7. The van der Waals surface area contributed by atoms with Gasteiger partial charge in [0.15, 0.2) is 5.69 Å². The topological polar surface area (TPSA) is 141 Å². The molecule has 10 nitrogen and oxygen atoms in total. The largest absolute Gasteiger partial charge is 0.383 e. The van der Waals surface area contributed by atoms with Gasteiger partial charge in [0.1, 0.15) is 17.7 Å². The number of rotatable bonds is 8. The lowest BCUT2D eigenvalue weighted by Gasteiger charge is -2.35. The van der Waals surface area contributed by atoms with E-state index in [2.05, 4.69) is 20.9 Å². The zero-order chi connectivity index (χ0) is 24.8. The number of carbonyl (C=O) groups excluding carboxylic acids is 1. The van der Waals surface area contributed by atoms with E-state index in [1.807, 2.05) is 26.8 Å². The maximum atomic E-state index is 13.6. The number of aromatic nitrogens is 3. The SMILES string of the molecule is CCCCn1c(N)c(N(CC(C)C)C(=O)C2CCN(c3ccc(C#N)cn3)CC2)c(=O)[nH]c1=O. The molecule has 3 N–H and O–H groups in total. The number of anilines is 3. The van der Waals surface area contributed by atoms with E-state index in [1.54, 1.807) is 12.3 Å². The molecule has 1 amide bonds. The highest BCUT2D eigenvalue weighted by molar-refractivity contribution is 5.97. The number of nitrogens with zero attached hydrogens (tertiary/aromatic N) is 5. The molecule has 3 rings (SSSR count). The summed E-state index contributed by atoms with van der Waals surface area (Å²) in [5, 5.41) is 8.96. The Morgan fingerprint density at radius 3 is 2.59 bits per heavy atom. The lowest BCUT2D eigenvalue weighted by Crippen LogP contribution is -2.47. The number of nitrogen functional groups attached to an aromatic ring is 1. The third-order valence-corrected chi connectivity index (χ3v) is 6.08. The van der Waals surface area contributed by atoms with Gasteiger partial charge in [0, 0.05) is 38.3 Å². The minimum Gasteiger partial charge on any atom is -0.383 e. The molecule has 2 aromatic heterocycles. The maximum Gasteiger partial charge on any atom is 0.330 e. The monoisotopic (exact) mass is 467 g/mol. The first-order valence-corrected chi connectivity index (χ1v) is 11.8. The molecular formula is C24H33N7O3. The average Bonchev–Trinajstić information content (AvgIpc) is 2.82. The van der Waals surface area contributed by atoms with Gasteiger partial charge in [-0.3, -0.25) is 19.1 Å². The zero-order valence-corrected chi connectivity index (χ0v) is 20.1. The quantitative estimate of drug-likeness (QED) is 0.605. The summed E-state index contributed by atoms with van der Waals surface area (Å²) in [4.78, 5) is 49.0. The molecule has 2 aromatic rings. The summed E-state index contributed by atoms with van der Waals surface area (Å²) in [5.74, 6) is 0.479. The molecule has 0 saturated carbocycles. The number of aromatic amines is 1. The van der Waals surface area contributed by atoms with Crippen LogP contribution in [0.25, 0.3) is 0 Å². The van der Waals surface area contributed by atoms with Gasteiger partial charge in [0.25, 0.3) is 5.56 Å². The fourth-order valence-corrected chi connectivity index (χ4v) is 4.25. The van der Waals surface area contributed by atoms with Crippen molar-refractivity contribution in [3.05, 3.63) is 44.7 Å². The first-order chi connectivity index (χ1) is 16.3. The highest BCUT2D eigenvalue weighted by Gasteiger charge is 2.33. The van der Waals surface area contributed by atoms with Gasteiger partial charge in [0.05, 0.1) is 5.56 Å². The normalized spacial score (nSPS) is 14.3. The molecule has 1 fully saturated rings. The Balaban J connectivity index is 1.84. The predicted molar refractivity (Wildman–Crippen MR) is 132 cm³/mol. The van der Waals surface area contributed by atoms with Crippen molar-refractivity contribution in [2.75, 3.05) is 35.2 Å². The van der Waals surface area contributed by atoms with Gasteiger partial charge in [-0.05, 0) is 37.3 Å². The number of nitrogens with two attached hydrogens (primary N) is 1. The van der Waals surface area contributed by atoms with E-state index in [9.17, 15) is 14.4 Å². The van der Waals surface area contributed by atoms with Crippen LogP contribution in [-0.4, -0.2) is 40.1 Å². The van der Waals surface area contributed by atoms with Crippen LogP contribution < -0.4 is 26.8 Å². The molecule has 10 heteroatoms. The second-order valence-electron chi connectivity index (χ2n) is 9.12. The van der Waals surface area contributed by atoms with Crippen LogP contribution in [0.2, 0.25) is 0 Å². The summed E-state index contributed by atoms with van der Waals surface area (Å²) in [6.07, 6.45) is 4.33. The number of hydrogen-bond donors (Lipinski definition) is 2. The molecule has 1 saturated heterocycles. The molecule has 0 bridgehead atoms. The van der Waals surface area contributed by atoms with Crippen LogP contribution in [0, 0.1) is 23.2 Å². The molecule has 0 aromatic carbocycles. The molecule has 182 valence electrons. The van der Waals surface area contributed by atoms with Crippen molar-refractivity contribution in [3.63, 3.8) is 0 Å². The van der Waals surface area contributed by atoms with E-state index in [0.29, 0.717) is 44.6 Å². The number of pyridine rings is 1. The van der Waals surface area contributed by atoms with Gasteiger partial charge in [-0.15, -0.1) is 0 Å². The van der Waals surface area contributed by atoms with Gasteiger partial charge in [-0.2, -0.15) is 5.26 Å². The molecule has 0 spiro atoms. The molecule has 34 heavy (non-hydrogen) atoms. The zero-order valence-electron chi connectivity index (χ0n) is 20.1. The third-order valence-electron chi connectivity index (χ3n) is 6.08. The first kappa shape index (κ1) is 25.0. The summed E-state index contributed by atoms with van der Waals surface area (Å²) in [7, 11) is 0. The minimum absolute atomic E-state index is 0.0374. The Labute approximate surface area is 199 Å².